The van der Waals surface area contributed by atoms with Crippen LogP contribution in [-0.4, -0.2) is 21.2 Å². The van der Waals surface area contributed by atoms with Gasteiger partial charge in [-0.15, -0.1) is 0 Å². The molecule has 166 valence electrons. The van der Waals surface area contributed by atoms with Crippen molar-refractivity contribution in [2.45, 2.75) is 24.8 Å². The van der Waals surface area contributed by atoms with Crippen LogP contribution in [0.3, 0.4) is 0 Å². The van der Waals surface area contributed by atoms with Gasteiger partial charge in [0.25, 0.3) is 5.56 Å². The van der Waals surface area contributed by atoms with E-state index < -0.39 is 22.7 Å². The maximum atomic E-state index is 13.0. The van der Waals surface area contributed by atoms with E-state index in [1.54, 1.807) is 31.2 Å². The molecule has 0 fully saturated rings. The van der Waals surface area contributed by atoms with Crippen LogP contribution in [-0.2, 0) is 17.5 Å². The normalized spacial score (nSPS) is 11.9. The molecule has 0 spiro atoms. The molecule has 32 heavy (non-hydrogen) atoms. The molecule has 4 rings (SSSR count). The average Bonchev–Trinajstić information content (AvgIpc) is 3.12. The van der Waals surface area contributed by atoms with E-state index in [0.717, 1.165) is 23.9 Å². The van der Waals surface area contributed by atoms with Gasteiger partial charge in [-0.2, -0.15) is 13.2 Å². The van der Waals surface area contributed by atoms with Crippen molar-refractivity contribution in [1.29, 1.82) is 0 Å². The predicted molar refractivity (Wildman–Crippen MR) is 117 cm³/mol. The zero-order valence-corrected chi connectivity index (χ0v) is 18.1. The van der Waals surface area contributed by atoms with Crippen molar-refractivity contribution in [3.63, 3.8) is 0 Å². The van der Waals surface area contributed by atoms with Crippen molar-refractivity contribution < 1.29 is 22.4 Å². The minimum absolute atomic E-state index is 0.0375. The maximum absolute atomic E-state index is 13.0. The van der Waals surface area contributed by atoms with E-state index >= 15 is 0 Å². The summed E-state index contributed by atoms with van der Waals surface area (Å²) in [5.41, 5.74) is -0.400. The molecule has 0 aliphatic rings. The highest BCUT2D eigenvalue weighted by molar-refractivity contribution is 7.99. The van der Waals surface area contributed by atoms with Crippen molar-refractivity contribution in [3.05, 3.63) is 63.4 Å². The van der Waals surface area contributed by atoms with Gasteiger partial charge in [-0.1, -0.05) is 35.5 Å². The molecule has 0 radical (unpaired) electrons. The summed E-state index contributed by atoms with van der Waals surface area (Å²) in [7, 11) is 0. The number of anilines is 1. The van der Waals surface area contributed by atoms with Gasteiger partial charge >= 0.3 is 6.18 Å². The minimum Gasteiger partial charge on any atom is -0.448 e. The van der Waals surface area contributed by atoms with Gasteiger partial charge in [-0.25, -0.2) is 4.98 Å². The van der Waals surface area contributed by atoms with E-state index in [0.29, 0.717) is 28.2 Å². The largest absolute Gasteiger partial charge is 0.448 e. The first kappa shape index (κ1) is 22.2. The first-order valence-electron chi connectivity index (χ1n) is 9.40. The van der Waals surface area contributed by atoms with Crippen molar-refractivity contribution >= 4 is 57.0 Å². The van der Waals surface area contributed by atoms with Crippen LogP contribution in [0, 0.1) is 0 Å². The zero-order chi connectivity index (χ0) is 23.0. The molecule has 0 aliphatic carbocycles. The number of nitrogens with one attached hydrogen (secondary N) is 1. The second-order valence-corrected chi connectivity index (χ2v) is 8.10. The number of aromatic nitrogens is 2. The van der Waals surface area contributed by atoms with Gasteiger partial charge in [0.05, 0.1) is 16.3 Å². The Morgan fingerprint density at radius 3 is 2.72 bits per heavy atom. The number of halogens is 4. The van der Waals surface area contributed by atoms with Crippen molar-refractivity contribution in [2.24, 2.45) is 0 Å². The smallest absolute Gasteiger partial charge is 0.417 e. The Labute approximate surface area is 188 Å². The SMILES string of the molecule is CCn1c(SCC(=O)Nc2ccc(Cl)c(C(F)(F)F)c2)nc2c(oc3ccccc32)c1=O. The number of nitrogens with zero attached hydrogens (tertiary/aromatic N) is 2. The van der Waals surface area contributed by atoms with Crippen LogP contribution < -0.4 is 10.9 Å². The second-order valence-electron chi connectivity index (χ2n) is 6.75. The fourth-order valence-corrected chi connectivity index (χ4v) is 4.27. The van der Waals surface area contributed by atoms with E-state index in [9.17, 15) is 22.8 Å². The summed E-state index contributed by atoms with van der Waals surface area (Å²) >= 11 is 6.60. The third-order valence-corrected chi connectivity index (χ3v) is 5.96. The van der Waals surface area contributed by atoms with Crippen LogP contribution >= 0.6 is 23.4 Å². The molecule has 0 saturated heterocycles. The molecule has 4 aromatic rings. The predicted octanol–water partition coefficient (Wildman–Crippen LogP) is 5.57. The average molecular weight is 482 g/mol. The van der Waals surface area contributed by atoms with Gasteiger partial charge in [0, 0.05) is 17.6 Å². The number of para-hydroxylation sites is 1. The van der Waals surface area contributed by atoms with Gasteiger partial charge in [-0.3, -0.25) is 14.2 Å². The Bertz CT molecular complexity index is 1400. The van der Waals surface area contributed by atoms with Crippen molar-refractivity contribution in [1.82, 2.24) is 9.55 Å². The number of rotatable bonds is 5. The molecule has 6 nitrogen and oxygen atoms in total. The summed E-state index contributed by atoms with van der Waals surface area (Å²) < 4.78 is 46.1. The number of furan rings is 1. The first-order chi connectivity index (χ1) is 15.2. The highest BCUT2D eigenvalue weighted by Crippen LogP contribution is 2.36. The van der Waals surface area contributed by atoms with Crippen LogP contribution in [0.1, 0.15) is 12.5 Å². The monoisotopic (exact) mass is 481 g/mol. The fourth-order valence-electron chi connectivity index (χ4n) is 3.19. The van der Waals surface area contributed by atoms with Crippen LogP contribution in [0.25, 0.3) is 22.1 Å². The molecule has 1 N–H and O–H groups in total. The number of carbonyl (C=O) groups excluding carboxylic acids is 1. The summed E-state index contributed by atoms with van der Waals surface area (Å²) in [5.74, 6) is -0.725. The number of thioether (sulfide) groups is 1. The van der Waals surface area contributed by atoms with Gasteiger partial charge in [0.1, 0.15) is 11.1 Å². The molecule has 0 bridgehead atoms. The molecular formula is C21H15ClF3N3O3S. The molecule has 0 aliphatic heterocycles. The lowest BCUT2D eigenvalue weighted by atomic mass is 10.2. The highest BCUT2D eigenvalue weighted by Gasteiger charge is 2.33. The second kappa shape index (κ2) is 8.51. The number of amides is 1. The van der Waals surface area contributed by atoms with Crippen molar-refractivity contribution in [2.75, 3.05) is 11.1 Å². The van der Waals surface area contributed by atoms with Gasteiger partial charge in [0.15, 0.2) is 5.16 Å². The third-order valence-electron chi connectivity index (χ3n) is 4.65. The molecule has 2 heterocycles. The number of benzene rings is 2. The Morgan fingerprint density at radius 2 is 2.00 bits per heavy atom. The Kier molecular flexibility index (Phi) is 5.91. The third kappa shape index (κ3) is 4.20. The zero-order valence-electron chi connectivity index (χ0n) is 16.5. The molecule has 0 saturated carbocycles. The number of fused-ring (bicyclic) bond motifs is 3. The minimum atomic E-state index is -4.64. The Hall–Kier alpha value is -2.98. The van der Waals surface area contributed by atoms with Gasteiger partial charge < -0.3 is 9.73 Å². The van der Waals surface area contributed by atoms with Crippen LogP contribution in [0.4, 0.5) is 18.9 Å². The van der Waals surface area contributed by atoms with Crippen LogP contribution in [0.15, 0.2) is 56.8 Å². The van der Waals surface area contributed by atoms with E-state index in [2.05, 4.69) is 10.3 Å². The van der Waals surface area contributed by atoms with Gasteiger partial charge in [0.2, 0.25) is 11.5 Å². The summed E-state index contributed by atoms with van der Waals surface area (Å²) in [4.78, 5) is 29.7. The van der Waals surface area contributed by atoms with Crippen molar-refractivity contribution in [3.8, 4) is 0 Å². The molecule has 2 aromatic carbocycles. The number of hydrogen-bond acceptors (Lipinski definition) is 5. The summed E-state index contributed by atoms with van der Waals surface area (Å²) in [5, 5.41) is 2.94. The Morgan fingerprint density at radius 1 is 1.25 bits per heavy atom. The van der Waals surface area contributed by atoms with Gasteiger partial charge in [-0.05, 0) is 37.3 Å². The molecule has 2 aromatic heterocycles. The standard InChI is InChI=1S/C21H15ClF3N3O3S/c1-2-28-19(30)18-17(12-5-3-4-6-15(12)31-18)27-20(28)32-10-16(29)26-11-7-8-14(22)13(9-11)21(23,24)25/h3-9H,2,10H2,1H3,(H,26,29). The lowest BCUT2D eigenvalue weighted by Gasteiger charge is -2.12. The summed E-state index contributed by atoms with van der Waals surface area (Å²) in [6.07, 6.45) is -4.64. The highest BCUT2D eigenvalue weighted by atomic mass is 35.5. The summed E-state index contributed by atoms with van der Waals surface area (Å²) in [6, 6.07) is 10.2. The van der Waals surface area contributed by atoms with E-state index in [-0.39, 0.29) is 22.6 Å². The Balaban J connectivity index is 1.58. The molecule has 11 heteroatoms. The number of hydrogen-bond donors (Lipinski definition) is 1. The van der Waals surface area contributed by atoms with E-state index in [1.807, 2.05) is 0 Å². The topological polar surface area (TPSA) is 77.1 Å². The molecule has 1 amide bonds. The molecule has 0 unspecified atom stereocenters. The lowest BCUT2D eigenvalue weighted by molar-refractivity contribution is -0.137. The van der Waals surface area contributed by atoms with E-state index in [1.165, 1.54) is 10.6 Å². The van der Waals surface area contributed by atoms with E-state index in [4.69, 9.17) is 16.0 Å². The fraction of sp³-hybridized carbons (Fsp3) is 0.190. The molecule has 0 atom stereocenters. The molecular weight excluding hydrogens is 467 g/mol. The first-order valence-corrected chi connectivity index (χ1v) is 10.8. The lowest BCUT2D eigenvalue weighted by Crippen LogP contribution is -2.23. The van der Waals surface area contributed by atoms with Crippen LogP contribution in [0.2, 0.25) is 5.02 Å². The quantitative estimate of drug-likeness (QED) is 0.298. The summed E-state index contributed by atoms with van der Waals surface area (Å²) in [6.45, 7) is 2.06. The maximum Gasteiger partial charge on any atom is 0.417 e. The van der Waals surface area contributed by atoms with Crippen LogP contribution in [0.5, 0.6) is 0 Å². The number of carbonyl (C=O) groups is 1. The number of alkyl halides is 3.